The summed E-state index contributed by atoms with van der Waals surface area (Å²) in [4.78, 5) is 25.6. The topological polar surface area (TPSA) is 96.2 Å². The molecule has 168 valence electrons. The molecular weight excluding hydrogens is 433 g/mol. The van der Waals surface area contributed by atoms with Crippen LogP contribution in [-0.2, 0) is 6.54 Å². The highest BCUT2D eigenvalue weighted by molar-refractivity contribution is 6.00. The lowest BCUT2D eigenvalue weighted by Crippen LogP contribution is -2.19. The highest BCUT2D eigenvalue weighted by atomic mass is 19.1. The summed E-state index contributed by atoms with van der Waals surface area (Å²) in [5, 5.41) is 8.74. The van der Waals surface area contributed by atoms with Crippen molar-refractivity contribution in [2.75, 3.05) is 16.0 Å². The van der Waals surface area contributed by atoms with Crippen LogP contribution >= 0.6 is 0 Å². The van der Waals surface area contributed by atoms with Gasteiger partial charge < -0.3 is 20.4 Å². The molecule has 0 fully saturated rings. The number of imidazole rings is 1. The first-order chi connectivity index (χ1) is 16.6. The van der Waals surface area contributed by atoms with Gasteiger partial charge >= 0.3 is 6.03 Å². The van der Waals surface area contributed by atoms with Gasteiger partial charge in [-0.3, -0.25) is 4.98 Å². The number of pyridine rings is 1. The van der Waals surface area contributed by atoms with Crippen LogP contribution in [0.1, 0.15) is 5.56 Å². The Morgan fingerprint density at radius 3 is 2.50 bits per heavy atom. The van der Waals surface area contributed by atoms with E-state index in [1.54, 1.807) is 30.7 Å². The van der Waals surface area contributed by atoms with Crippen molar-refractivity contribution in [3.05, 3.63) is 103 Å². The number of urea groups is 1. The molecule has 8 nitrogen and oxygen atoms in total. The first kappa shape index (κ1) is 21.1. The Bertz CT molecular complexity index is 1450. The summed E-state index contributed by atoms with van der Waals surface area (Å²) in [6.45, 7) is 0.573. The normalized spacial score (nSPS) is 10.7. The summed E-state index contributed by atoms with van der Waals surface area (Å²) >= 11 is 0. The molecular formula is C25H20FN7O. The van der Waals surface area contributed by atoms with Crippen molar-refractivity contribution >= 4 is 28.9 Å². The zero-order valence-electron chi connectivity index (χ0n) is 17.9. The van der Waals surface area contributed by atoms with Crippen LogP contribution in [0.2, 0.25) is 0 Å². The monoisotopic (exact) mass is 453 g/mol. The number of hydrogen-bond acceptors (Lipinski definition) is 5. The summed E-state index contributed by atoms with van der Waals surface area (Å²) in [6.07, 6.45) is 8.94. The molecule has 34 heavy (non-hydrogen) atoms. The molecule has 0 spiro atoms. The first-order valence-electron chi connectivity index (χ1n) is 10.5. The second kappa shape index (κ2) is 9.37. The highest BCUT2D eigenvalue weighted by Gasteiger charge is 2.11. The second-order valence-corrected chi connectivity index (χ2v) is 7.51. The predicted molar refractivity (Wildman–Crippen MR) is 129 cm³/mol. The van der Waals surface area contributed by atoms with E-state index in [1.807, 2.05) is 47.1 Å². The van der Waals surface area contributed by atoms with Crippen molar-refractivity contribution in [2.24, 2.45) is 0 Å². The molecule has 0 atom stereocenters. The Kier molecular flexibility index (Phi) is 5.81. The lowest BCUT2D eigenvalue weighted by molar-refractivity contribution is 0.262. The fraction of sp³-hybridized carbons (Fsp3) is 0.0400. The Hall–Kier alpha value is -4.79. The molecule has 2 aromatic carbocycles. The minimum atomic E-state index is -0.472. The van der Waals surface area contributed by atoms with Crippen molar-refractivity contribution < 1.29 is 9.18 Å². The van der Waals surface area contributed by atoms with Crippen LogP contribution in [0.15, 0.2) is 91.6 Å². The third-order valence-corrected chi connectivity index (χ3v) is 5.08. The zero-order valence-corrected chi connectivity index (χ0v) is 17.9. The maximum atomic E-state index is 13.4. The Labute approximate surface area is 194 Å². The standard InChI is InChI=1S/C25H20FN7O/c26-19-4-2-6-21(14-19)31-25(34)30-20-5-1-3-18(13-20)22-16-33-12-11-28-24(33)23(32-22)29-15-17-7-9-27-10-8-17/h1-14,16H,15H2,(H,29,32)(H2,30,31,34). The molecule has 0 saturated heterocycles. The number of fused-ring (bicyclic) bond motifs is 1. The van der Waals surface area contributed by atoms with Crippen molar-refractivity contribution in [1.29, 1.82) is 0 Å². The van der Waals surface area contributed by atoms with Gasteiger partial charge in [0.1, 0.15) is 5.82 Å². The van der Waals surface area contributed by atoms with E-state index >= 15 is 0 Å². The SMILES string of the molecule is O=C(Nc1cccc(F)c1)Nc1cccc(-c2cn3ccnc3c(NCc3ccncc3)n2)c1. The first-order valence-corrected chi connectivity index (χ1v) is 10.5. The van der Waals surface area contributed by atoms with E-state index in [2.05, 4.69) is 25.9 Å². The maximum absolute atomic E-state index is 13.4. The number of nitrogens with zero attached hydrogens (tertiary/aromatic N) is 4. The average Bonchev–Trinajstić information content (AvgIpc) is 3.32. The minimum Gasteiger partial charge on any atom is -0.363 e. The van der Waals surface area contributed by atoms with Gasteiger partial charge in [-0.25, -0.2) is 19.2 Å². The number of anilines is 3. The summed E-state index contributed by atoms with van der Waals surface area (Å²) in [6, 6.07) is 16.4. The molecule has 5 aromatic rings. The summed E-state index contributed by atoms with van der Waals surface area (Å²) in [5.41, 5.74) is 4.24. The summed E-state index contributed by atoms with van der Waals surface area (Å²) < 4.78 is 15.3. The van der Waals surface area contributed by atoms with E-state index in [9.17, 15) is 9.18 Å². The Morgan fingerprint density at radius 1 is 0.941 bits per heavy atom. The number of nitrogens with one attached hydrogen (secondary N) is 3. The van der Waals surface area contributed by atoms with Gasteiger partial charge in [-0.2, -0.15) is 0 Å². The largest absolute Gasteiger partial charge is 0.363 e. The van der Waals surface area contributed by atoms with E-state index < -0.39 is 11.8 Å². The second-order valence-electron chi connectivity index (χ2n) is 7.51. The minimum absolute atomic E-state index is 0.366. The number of aromatic nitrogens is 4. The van der Waals surface area contributed by atoms with Gasteiger partial charge in [0, 0.05) is 54.5 Å². The molecule has 0 saturated carbocycles. The Balaban J connectivity index is 1.37. The van der Waals surface area contributed by atoms with Crippen molar-refractivity contribution in [2.45, 2.75) is 6.54 Å². The molecule has 3 heterocycles. The molecule has 3 aromatic heterocycles. The van der Waals surface area contributed by atoms with E-state index in [0.29, 0.717) is 35.1 Å². The van der Waals surface area contributed by atoms with Crippen LogP contribution < -0.4 is 16.0 Å². The Morgan fingerprint density at radius 2 is 1.71 bits per heavy atom. The van der Waals surface area contributed by atoms with Crippen LogP contribution in [0, 0.1) is 5.82 Å². The molecule has 3 N–H and O–H groups in total. The van der Waals surface area contributed by atoms with E-state index in [1.165, 1.54) is 18.2 Å². The fourth-order valence-electron chi connectivity index (χ4n) is 3.49. The molecule has 9 heteroatoms. The van der Waals surface area contributed by atoms with Crippen LogP contribution in [0.4, 0.5) is 26.4 Å². The molecule has 0 unspecified atom stereocenters. The van der Waals surface area contributed by atoms with Gasteiger partial charge in [-0.1, -0.05) is 18.2 Å². The molecule has 0 aliphatic heterocycles. The average molecular weight is 453 g/mol. The molecule has 0 aliphatic carbocycles. The number of amides is 2. The number of carbonyl (C=O) groups is 1. The van der Waals surface area contributed by atoms with E-state index in [0.717, 1.165) is 11.1 Å². The van der Waals surface area contributed by atoms with Crippen molar-refractivity contribution in [3.63, 3.8) is 0 Å². The number of benzene rings is 2. The van der Waals surface area contributed by atoms with Crippen LogP contribution in [0.3, 0.4) is 0 Å². The third kappa shape index (κ3) is 4.83. The van der Waals surface area contributed by atoms with E-state index in [4.69, 9.17) is 4.98 Å². The van der Waals surface area contributed by atoms with Crippen LogP contribution in [0.25, 0.3) is 16.9 Å². The molecule has 0 aliphatic rings. The van der Waals surface area contributed by atoms with Gasteiger partial charge in [0.15, 0.2) is 11.5 Å². The lowest BCUT2D eigenvalue weighted by Gasteiger charge is -2.12. The van der Waals surface area contributed by atoms with Gasteiger partial charge in [-0.15, -0.1) is 0 Å². The summed E-state index contributed by atoms with van der Waals surface area (Å²) in [5.74, 6) is 0.218. The predicted octanol–water partition coefficient (Wildman–Crippen LogP) is 5.19. The molecule has 0 radical (unpaired) electrons. The molecule has 5 rings (SSSR count). The summed E-state index contributed by atoms with van der Waals surface area (Å²) in [7, 11) is 0. The van der Waals surface area contributed by atoms with Crippen LogP contribution in [-0.4, -0.2) is 25.4 Å². The molecule has 2 amide bonds. The third-order valence-electron chi connectivity index (χ3n) is 5.08. The lowest BCUT2D eigenvalue weighted by atomic mass is 10.1. The van der Waals surface area contributed by atoms with Gasteiger partial charge in [-0.05, 0) is 48.0 Å². The number of carbonyl (C=O) groups excluding carboxylic acids is 1. The molecule has 0 bridgehead atoms. The van der Waals surface area contributed by atoms with E-state index in [-0.39, 0.29) is 0 Å². The van der Waals surface area contributed by atoms with Gasteiger partial charge in [0.05, 0.1) is 5.69 Å². The number of hydrogen-bond donors (Lipinski definition) is 3. The number of rotatable bonds is 6. The highest BCUT2D eigenvalue weighted by Crippen LogP contribution is 2.25. The van der Waals surface area contributed by atoms with Crippen molar-refractivity contribution in [3.8, 4) is 11.3 Å². The number of halogens is 1. The zero-order chi connectivity index (χ0) is 23.3. The smallest absolute Gasteiger partial charge is 0.323 e. The van der Waals surface area contributed by atoms with Gasteiger partial charge in [0.25, 0.3) is 0 Å². The van der Waals surface area contributed by atoms with Crippen molar-refractivity contribution in [1.82, 2.24) is 19.4 Å². The van der Waals surface area contributed by atoms with Crippen LogP contribution in [0.5, 0.6) is 0 Å². The quantitative estimate of drug-likeness (QED) is 0.329. The van der Waals surface area contributed by atoms with Gasteiger partial charge in [0.2, 0.25) is 0 Å². The fourth-order valence-corrected chi connectivity index (χ4v) is 3.49. The maximum Gasteiger partial charge on any atom is 0.323 e.